The van der Waals surface area contributed by atoms with Crippen LogP contribution in [0.25, 0.3) is 0 Å². The molecule has 0 bridgehead atoms. The minimum Gasteiger partial charge on any atom is -0.377 e. The van der Waals surface area contributed by atoms with Crippen LogP contribution >= 0.6 is 0 Å². The first-order valence-corrected chi connectivity index (χ1v) is 7.57. The third kappa shape index (κ3) is 3.69. The first-order valence-electron chi connectivity index (χ1n) is 7.57. The molecule has 0 aromatic carbocycles. The molecule has 0 amide bonds. The van der Waals surface area contributed by atoms with Gasteiger partial charge in [0, 0.05) is 25.7 Å². The molecule has 1 heterocycles. The smallest absolute Gasteiger partial charge is 0.0777 e. The van der Waals surface area contributed by atoms with E-state index in [4.69, 9.17) is 4.74 Å². The molecule has 3 heteroatoms. The third-order valence-electron chi connectivity index (χ3n) is 4.89. The van der Waals surface area contributed by atoms with E-state index in [0.717, 1.165) is 19.1 Å². The van der Waals surface area contributed by atoms with Crippen molar-refractivity contribution in [3.05, 3.63) is 0 Å². The Kier molecular flexibility index (Phi) is 4.68. The molecule has 1 aliphatic carbocycles. The molecule has 0 aromatic heterocycles. The fourth-order valence-corrected chi connectivity index (χ4v) is 2.93. The molecule has 2 fully saturated rings. The monoisotopic (exact) mass is 254 g/mol. The molecule has 18 heavy (non-hydrogen) atoms. The van der Waals surface area contributed by atoms with Crippen LogP contribution in [0.15, 0.2) is 0 Å². The van der Waals surface area contributed by atoms with Crippen molar-refractivity contribution in [1.82, 2.24) is 10.2 Å². The van der Waals surface area contributed by atoms with Crippen LogP contribution in [-0.2, 0) is 4.74 Å². The van der Waals surface area contributed by atoms with Crippen molar-refractivity contribution in [2.45, 2.75) is 64.1 Å². The van der Waals surface area contributed by atoms with Gasteiger partial charge in [0.15, 0.2) is 0 Å². The lowest BCUT2D eigenvalue weighted by Gasteiger charge is -2.44. The second-order valence-electron chi connectivity index (χ2n) is 6.63. The Labute approximate surface area is 112 Å². The Morgan fingerprint density at radius 2 is 2.11 bits per heavy atom. The van der Waals surface area contributed by atoms with Gasteiger partial charge in [-0.05, 0) is 58.5 Å². The molecule has 3 nitrogen and oxygen atoms in total. The Balaban J connectivity index is 1.80. The number of piperidine rings is 1. The van der Waals surface area contributed by atoms with E-state index in [9.17, 15) is 0 Å². The highest BCUT2D eigenvalue weighted by Gasteiger charge is 2.34. The predicted octanol–water partition coefficient (Wildman–Crippen LogP) is 2.26. The van der Waals surface area contributed by atoms with Crippen LogP contribution in [0.4, 0.5) is 0 Å². The predicted molar refractivity (Wildman–Crippen MR) is 75.9 cm³/mol. The van der Waals surface area contributed by atoms with Crippen molar-refractivity contribution >= 4 is 0 Å². The van der Waals surface area contributed by atoms with Gasteiger partial charge >= 0.3 is 0 Å². The van der Waals surface area contributed by atoms with Crippen molar-refractivity contribution in [3.8, 4) is 0 Å². The summed E-state index contributed by atoms with van der Waals surface area (Å²) in [5, 5.41) is 3.65. The van der Waals surface area contributed by atoms with Crippen LogP contribution in [0.3, 0.4) is 0 Å². The maximum atomic E-state index is 5.69. The van der Waals surface area contributed by atoms with Crippen LogP contribution in [0, 0.1) is 5.92 Å². The Morgan fingerprint density at radius 3 is 2.72 bits per heavy atom. The topological polar surface area (TPSA) is 24.5 Å². The van der Waals surface area contributed by atoms with E-state index in [-0.39, 0.29) is 5.60 Å². The average molecular weight is 254 g/mol. The normalized spacial score (nSPS) is 33.3. The quantitative estimate of drug-likeness (QED) is 0.787. The van der Waals surface area contributed by atoms with Gasteiger partial charge in [-0.1, -0.05) is 6.92 Å². The summed E-state index contributed by atoms with van der Waals surface area (Å²) in [6.07, 6.45) is 5.22. The molecule has 106 valence electrons. The van der Waals surface area contributed by atoms with Crippen LogP contribution in [0.5, 0.6) is 0 Å². The van der Waals surface area contributed by atoms with E-state index >= 15 is 0 Å². The van der Waals surface area contributed by atoms with Gasteiger partial charge in [-0.15, -0.1) is 0 Å². The maximum absolute atomic E-state index is 5.69. The second-order valence-corrected chi connectivity index (χ2v) is 6.63. The largest absolute Gasteiger partial charge is 0.377 e. The van der Waals surface area contributed by atoms with Crippen LogP contribution in [0.1, 0.15) is 46.5 Å². The number of hydrogen-bond donors (Lipinski definition) is 1. The maximum Gasteiger partial charge on any atom is 0.0777 e. The summed E-state index contributed by atoms with van der Waals surface area (Å²) in [6.45, 7) is 10.5. The summed E-state index contributed by atoms with van der Waals surface area (Å²) in [4.78, 5) is 2.62. The lowest BCUT2D eigenvalue weighted by atomic mass is 9.91. The molecule has 0 spiro atoms. The van der Waals surface area contributed by atoms with Crippen molar-refractivity contribution in [2.24, 2.45) is 5.92 Å². The first-order chi connectivity index (χ1) is 8.54. The molecule has 3 atom stereocenters. The molecule has 2 aliphatic rings. The molecular formula is C15H30N2O. The van der Waals surface area contributed by atoms with E-state index in [1.165, 1.54) is 32.2 Å². The van der Waals surface area contributed by atoms with Gasteiger partial charge in [-0.25, -0.2) is 0 Å². The van der Waals surface area contributed by atoms with Gasteiger partial charge in [0.05, 0.1) is 5.60 Å². The molecule has 3 unspecified atom stereocenters. The molecule has 1 saturated heterocycles. The van der Waals surface area contributed by atoms with E-state index in [1.54, 1.807) is 0 Å². The molecular weight excluding hydrogens is 224 g/mol. The molecule has 1 N–H and O–H groups in total. The minimum absolute atomic E-state index is 0.0656. The zero-order valence-electron chi connectivity index (χ0n) is 12.5. The Morgan fingerprint density at radius 1 is 1.39 bits per heavy atom. The Bertz CT molecular complexity index is 267. The van der Waals surface area contributed by atoms with Crippen LogP contribution in [-0.4, -0.2) is 49.3 Å². The number of ether oxygens (including phenoxy) is 1. The SMILES string of the molecule is COC1(C)CCCN(C(C)C(C)CNC2CC2)C1. The zero-order valence-corrected chi connectivity index (χ0v) is 12.5. The van der Waals surface area contributed by atoms with Crippen molar-refractivity contribution < 1.29 is 4.74 Å². The van der Waals surface area contributed by atoms with Crippen molar-refractivity contribution in [2.75, 3.05) is 26.7 Å². The molecule has 2 rings (SSSR count). The van der Waals surface area contributed by atoms with Crippen LogP contribution < -0.4 is 5.32 Å². The molecule has 0 radical (unpaired) electrons. The standard InChI is InChI=1S/C15H30N2O/c1-12(10-16-14-6-7-14)13(2)17-9-5-8-15(3,11-17)18-4/h12-14,16H,5-11H2,1-4H3. The summed E-state index contributed by atoms with van der Waals surface area (Å²) >= 11 is 0. The van der Waals surface area contributed by atoms with E-state index < -0.39 is 0 Å². The first kappa shape index (κ1) is 14.3. The fourth-order valence-electron chi connectivity index (χ4n) is 2.93. The molecule has 0 aromatic rings. The molecule has 1 saturated carbocycles. The number of nitrogens with one attached hydrogen (secondary N) is 1. The minimum atomic E-state index is 0.0656. The number of hydrogen-bond acceptors (Lipinski definition) is 3. The van der Waals surface area contributed by atoms with E-state index in [2.05, 4.69) is 31.0 Å². The fraction of sp³-hybridized carbons (Fsp3) is 1.00. The molecule has 1 aliphatic heterocycles. The van der Waals surface area contributed by atoms with E-state index in [0.29, 0.717) is 12.0 Å². The van der Waals surface area contributed by atoms with Crippen molar-refractivity contribution in [3.63, 3.8) is 0 Å². The zero-order chi connectivity index (χ0) is 13.2. The average Bonchev–Trinajstić information content (AvgIpc) is 3.19. The second kappa shape index (κ2) is 5.89. The highest BCUT2D eigenvalue weighted by Crippen LogP contribution is 2.27. The summed E-state index contributed by atoms with van der Waals surface area (Å²) in [5.41, 5.74) is 0.0656. The van der Waals surface area contributed by atoms with Crippen molar-refractivity contribution in [1.29, 1.82) is 0 Å². The van der Waals surface area contributed by atoms with Crippen LogP contribution in [0.2, 0.25) is 0 Å². The summed E-state index contributed by atoms with van der Waals surface area (Å²) in [5.74, 6) is 0.713. The lowest BCUT2D eigenvalue weighted by Crippen LogP contribution is -2.53. The van der Waals surface area contributed by atoms with Gasteiger partial charge in [0.25, 0.3) is 0 Å². The van der Waals surface area contributed by atoms with Gasteiger partial charge in [0.1, 0.15) is 0 Å². The van der Waals surface area contributed by atoms with Gasteiger partial charge in [0.2, 0.25) is 0 Å². The highest BCUT2D eigenvalue weighted by molar-refractivity contribution is 4.89. The summed E-state index contributed by atoms with van der Waals surface area (Å²) in [6, 6.07) is 1.47. The van der Waals surface area contributed by atoms with E-state index in [1.807, 2.05) is 7.11 Å². The number of methoxy groups -OCH3 is 1. The number of rotatable bonds is 6. The van der Waals surface area contributed by atoms with Gasteiger partial charge in [-0.2, -0.15) is 0 Å². The number of likely N-dealkylation sites (tertiary alicyclic amines) is 1. The van der Waals surface area contributed by atoms with Gasteiger partial charge in [-0.3, -0.25) is 4.90 Å². The lowest BCUT2D eigenvalue weighted by molar-refractivity contribution is -0.0644. The summed E-state index contributed by atoms with van der Waals surface area (Å²) in [7, 11) is 1.85. The summed E-state index contributed by atoms with van der Waals surface area (Å²) < 4.78 is 5.69. The highest BCUT2D eigenvalue weighted by atomic mass is 16.5. The number of nitrogens with zero attached hydrogens (tertiary/aromatic N) is 1. The Hall–Kier alpha value is -0.120. The van der Waals surface area contributed by atoms with Gasteiger partial charge < -0.3 is 10.1 Å². The third-order valence-corrected chi connectivity index (χ3v) is 4.89.